The van der Waals surface area contributed by atoms with Crippen molar-refractivity contribution >= 4 is 14.2 Å². The highest BCUT2D eigenvalue weighted by atomic mass is 31.1. The van der Waals surface area contributed by atoms with Gasteiger partial charge in [0.1, 0.15) is 13.2 Å². The summed E-state index contributed by atoms with van der Waals surface area (Å²) in [4.78, 5) is 10.9. The second-order valence-electron chi connectivity index (χ2n) is 2.74. The highest BCUT2D eigenvalue weighted by molar-refractivity contribution is 7.33. The van der Waals surface area contributed by atoms with E-state index >= 15 is 0 Å². The lowest BCUT2D eigenvalue weighted by molar-refractivity contribution is -0.139. The molecule has 0 radical (unpaired) electrons. The van der Waals surface area contributed by atoms with Gasteiger partial charge in [-0.25, -0.2) is 4.79 Å². The van der Waals surface area contributed by atoms with Crippen LogP contribution in [0.3, 0.4) is 0 Å². The van der Waals surface area contributed by atoms with Crippen LogP contribution in [0.2, 0.25) is 0 Å². The molecular weight excluding hydrogens is 219 g/mol. The van der Waals surface area contributed by atoms with Crippen molar-refractivity contribution < 1.29 is 23.1 Å². The summed E-state index contributed by atoms with van der Waals surface area (Å²) >= 11 is 0. The van der Waals surface area contributed by atoms with Gasteiger partial charge in [0, 0.05) is 16.6 Å². The number of ether oxygens (including phenoxy) is 1. The minimum atomic E-state index is -2.03. The van der Waals surface area contributed by atoms with E-state index in [9.17, 15) is 9.36 Å². The van der Waals surface area contributed by atoms with Crippen LogP contribution in [-0.2, 0) is 23.1 Å². The van der Waals surface area contributed by atoms with E-state index in [-0.39, 0.29) is 13.2 Å². The van der Waals surface area contributed by atoms with Crippen LogP contribution in [0.25, 0.3) is 0 Å². The maximum atomic E-state index is 10.9. The molecule has 0 aromatic rings. The van der Waals surface area contributed by atoms with Crippen LogP contribution >= 0.6 is 8.25 Å². The van der Waals surface area contributed by atoms with Gasteiger partial charge in [-0.05, 0) is 13.8 Å². The Kier molecular flexibility index (Phi) is 8.09. The Morgan fingerprint density at radius 3 is 2.53 bits per heavy atom. The molecule has 0 N–H and O–H groups in total. The summed E-state index contributed by atoms with van der Waals surface area (Å²) in [6.45, 7) is 7.54. The third-order valence-electron chi connectivity index (χ3n) is 1.30. The van der Waals surface area contributed by atoms with Crippen molar-refractivity contribution in [1.82, 2.24) is 0 Å². The minimum absolute atomic E-state index is 0.223. The lowest BCUT2D eigenvalue weighted by Gasteiger charge is -2.01. The van der Waals surface area contributed by atoms with Crippen molar-refractivity contribution in [3.05, 3.63) is 12.2 Å². The predicted molar refractivity (Wildman–Crippen MR) is 55.6 cm³/mol. The van der Waals surface area contributed by atoms with Gasteiger partial charge in [-0.3, -0.25) is 0 Å². The maximum absolute atomic E-state index is 10.9. The average Bonchev–Trinajstić information content (AvgIpc) is 2.17. The van der Waals surface area contributed by atoms with E-state index in [0.717, 1.165) is 0 Å². The molecule has 1 unspecified atom stereocenters. The number of hydrogen-bond donors (Lipinski definition) is 0. The second-order valence-corrected chi connectivity index (χ2v) is 3.71. The average molecular weight is 235 g/mol. The van der Waals surface area contributed by atoms with Crippen LogP contribution in [0.4, 0.5) is 0 Å². The molecule has 0 heterocycles. The molecule has 0 aliphatic heterocycles. The summed E-state index contributed by atoms with van der Waals surface area (Å²) in [5, 5.41) is 0. The molecule has 0 bridgehead atoms. The van der Waals surface area contributed by atoms with Crippen LogP contribution in [0, 0.1) is 0 Å². The molecule has 0 aromatic carbocycles. The summed E-state index contributed by atoms with van der Waals surface area (Å²) in [6, 6.07) is 0. The molecule has 6 heteroatoms. The van der Waals surface area contributed by atoms with Gasteiger partial charge in [-0.1, -0.05) is 6.58 Å². The first-order chi connectivity index (χ1) is 7.07. The quantitative estimate of drug-likeness (QED) is 0.279. The first-order valence-electron chi connectivity index (χ1n) is 4.63. The van der Waals surface area contributed by atoms with Crippen LogP contribution in [0.1, 0.15) is 20.3 Å². The molecule has 5 nitrogen and oxygen atoms in total. The summed E-state index contributed by atoms with van der Waals surface area (Å²) in [5.74, 6) is -0.427. The van der Waals surface area contributed by atoms with Gasteiger partial charge in [0.15, 0.2) is 0 Å². The van der Waals surface area contributed by atoms with Crippen molar-refractivity contribution in [2.75, 3.05) is 19.8 Å². The summed E-state index contributed by atoms with van der Waals surface area (Å²) in [6.07, 6.45) is 0.479. The van der Waals surface area contributed by atoms with Crippen LogP contribution in [0.5, 0.6) is 0 Å². The Balaban J connectivity index is 3.36. The highest BCUT2D eigenvalue weighted by Crippen LogP contribution is 2.22. The Morgan fingerprint density at radius 2 is 2.00 bits per heavy atom. The van der Waals surface area contributed by atoms with Gasteiger partial charge in [-0.15, -0.1) is 9.05 Å². The van der Waals surface area contributed by atoms with Gasteiger partial charge < -0.3 is 4.74 Å². The summed E-state index contributed by atoms with van der Waals surface area (Å²) in [7, 11) is -2.03. The standard InChI is InChI=1S/C9H16O5P/c1-4-13-15(11)14-7-5-6-12-9(10)8(2)3/h2,4-7H2,1,3H3/q+1. The van der Waals surface area contributed by atoms with Gasteiger partial charge in [0.2, 0.25) is 0 Å². The largest absolute Gasteiger partial charge is 0.697 e. The van der Waals surface area contributed by atoms with Gasteiger partial charge in [-0.2, -0.15) is 0 Å². The molecule has 1 atom stereocenters. The molecule has 86 valence electrons. The maximum Gasteiger partial charge on any atom is 0.697 e. The predicted octanol–water partition coefficient (Wildman–Crippen LogP) is 2.21. The van der Waals surface area contributed by atoms with E-state index < -0.39 is 14.2 Å². The van der Waals surface area contributed by atoms with Gasteiger partial charge in [0.25, 0.3) is 0 Å². The second kappa shape index (κ2) is 8.53. The zero-order valence-electron chi connectivity index (χ0n) is 9.02. The first kappa shape index (κ1) is 14.2. The Morgan fingerprint density at radius 1 is 1.33 bits per heavy atom. The van der Waals surface area contributed by atoms with Gasteiger partial charge >= 0.3 is 14.2 Å². The molecule has 0 saturated heterocycles. The monoisotopic (exact) mass is 235 g/mol. The fraction of sp³-hybridized carbons (Fsp3) is 0.667. The third-order valence-corrected chi connectivity index (χ3v) is 2.16. The van der Waals surface area contributed by atoms with Crippen LogP contribution in [0.15, 0.2) is 12.2 Å². The molecule has 0 fully saturated rings. The molecule has 0 rings (SSSR count). The SMILES string of the molecule is C=C(C)C(=O)OCCCO[P+](=O)OCC. The zero-order chi connectivity index (χ0) is 11.7. The molecule has 0 aromatic heterocycles. The highest BCUT2D eigenvalue weighted by Gasteiger charge is 2.17. The van der Waals surface area contributed by atoms with E-state index in [1.807, 2.05) is 0 Å². The van der Waals surface area contributed by atoms with E-state index in [4.69, 9.17) is 9.26 Å². The van der Waals surface area contributed by atoms with Crippen molar-refractivity contribution in [3.63, 3.8) is 0 Å². The number of hydrogen-bond acceptors (Lipinski definition) is 5. The Hall–Kier alpha value is -0.770. The minimum Gasteiger partial charge on any atom is -0.462 e. The lowest BCUT2D eigenvalue weighted by Crippen LogP contribution is -2.07. The van der Waals surface area contributed by atoms with E-state index in [2.05, 4.69) is 11.1 Å². The van der Waals surface area contributed by atoms with Crippen molar-refractivity contribution in [3.8, 4) is 0 Å². The molecule has 0 spiro atoms. The van der Waals surface area contributed by atoms with Gasteiger partial charge in [0.05, 0.1) is 6.61 Å². The van der Waals surface area contributed by atoms with E-state index in [0.29, 0.717) is 18.6 Å². The molecule has 0 amide bonds. The molecule has 0 aliphatic rings. The smallest absolute Gasteiger partial charge is 0.462 e. The number of carbonyl (C=O) groups excluding carboxylic acids is 1. The van der Waals surface area contributed by atoms with Crippen molar-refractivity contribution in [2.24, 2.45) is 0 Å². The molecule has 0 saturated carbocycles. The fourth-order valence-electron chi connectivity index (χ4n) is 0.629. The summed E-state index contributed by atoms with van der Waals surface area (Å²) in [5.41, 5.74) is 0.358. The van der Waals surface area contributed by atoms with Crippen LogP contribution in [-0.4, -0.2) is 25.8 Å². The number of esters is 1. The van der Waals surface area contributed by atoms with Crippen molar-refractivity contribution in [2.45, 2.75) is 20.3 Å². The number of carbonyl (C=O) groups is 1. The zero-order valence-corrected chi connectivity index (χ0v) is 9.92. The Labute approximate surface area is 90.3 Å². The summed E-state index contributed by atoms with van der Waals surface area (Å²) < 4.78 is 25.1. The topological polar surface area (TPSA) is 61.8 Å². The Bertz CT molecular complexity index is 239. The third kappa shape index (κ3) is 8.24. The fourth-order valence-corrected chi connectivity index (χ4v) is 1.19. The number of rotatable bonds is 8. The van der Waals surface area contributed by atoms with Crippen molar-refractivity contribution in [1.29, 1.82) is 0 Å². The van der Waals surface area contributed by atoms with E-state index in [1.165, 1.54) is 0 Å². The van der Waals surface area contributed by atoms with E-state index in [1.54, 1.807) is 13.8 Å². The molecule has 0 aliphatic carbocycles. The normalized spacial score (nSPS) is 10.9. The molecule has 15 heavy (non-hydrogen) atoms. The van der Waals surface area contributed by atoms with Crippen LogP contribution < -0.4 is 0 Å². The first-order valence-corrected chi connectivity index (χ1v) is 5.73. The molecular formula is C9H16O5P+. The lowest BCUT2D eigenvalue weighted by atomic mass is 10.4.